The first-order chi connectivity index (χ1) is 18.1. The van der Waals surface area contributed by atoms with E-state index in [-0.39, 0.29) is 18.2 Å². The summed E-state index contributed by atoms with van der Waals surface area (Å²) in [7, 11) is 0. The summed E-state index contributed by atoms with van der Waals surface area (Å²) in [4.78, 5) is 39.3. The number of nitrogens with zero attached hydrogens (tertiary/aromatic N) is 1. The van der Waals surface area contributed by atoms with Crippen LogP contribution in [0.4, 0.5) is 10.5 Å². The molecule has 1 aliphatic rings. The maximum absolute atomic E-state index is 13.7. The predicted molar refractivity (Wildman–Crippen MR) is 149 cm³/mol. The van der Waals surface area contributed by atoms with Crippen LogP contribution < -0.4 is 27.0 Å². The highest BCUT2D eigenvalue weighted by Gasteiger charge is 2.32. The predicted octanol–water partition coefficient (Wildman–Crippen LogP) is 3.61. The molecule has 0 radical (unpaired) electrons. The zero-order chi connectivity index (χ0) is 27.3. The number of anilines is 1. The molecule has 1 atom stereocenters. The summed E-state index contributed by atoms with van der Waals surface area (Å²) in [6.07, 6.45) is 1.35. The van der Waals surface area contributed by atoms with Crippen LogP contribution in [0.3, 0.4) is 0 Å². The number of hydrogen-bond acceptors (Lipinski definition) is 4. The van der Waals surface area contributed by atoms with E-state index in [9.17, 15) is 14.4 Å². The highest BCUT2D eigenvalue weighted by molar-refractivity contribution is 6.00. The average Bonchev–Trinajstić information content (AvgIpc) is 2.99. The van der Waals surface area contributed by atoms with Gasteiger partial charge in [-0.25, -0.2) is 4.79 Å². The maximum atomic E-state index is 13.7. The minimum Gasteiger partial charge on any atom is -0.352 e. The van der Waals surface area contributed by atoms with E-state index in [2.05, 4.69) is 10.6 Å². The highest BCUT2D eigenvalue weighted by atomic mass is 16.2. The third-order valence-electron chi connectivity index (χ3n) is 6.58. The Balaban J connectivity index is 1.56. The van der Waals surface area contributed by atoms with Gasteiger partial charge in [-0.2, -0.15) is 0 Å². The van der Waals surface area contributed by atoms with Gasteiger partial charge in [-0.05, 0) is 60.6 Å². The second-order valence-corrected chi connectivity index (χ2v) is 10.4. The number of benzene rings is 3. The number of aryl methyl sites for hydroxylation is 1. The molecule has 0 saturated heterocycles. The lowest BCUT2D eigenvalue weighted by Gasteiger charge is -2.27. The molecule has 0 aliphatic carbocycles. The molecule has 1 aliphatic heterocycles. The number of amides is 4. The van der Waals surface area contributed by atoms with Crippen molar-refractivity contribution < 1.29 is 14.4 Å². The molecule has 8 heteroatoms. The molecule has 0 fully saturated rings. The Labute approximate surface area is 223 Å². The molecule has 4 rings (SSSR count). The van der Waals surface area contributed by atoms with Crippen LogP contribution in [0.5, 0.6) is 0 Å². The summed E-state index contributed by atoms with van der Waals surface area (Å²) in [6.45, 7) is 4.29. The fourth-order valence-corrected chi connectivity index (χ4v) is 4.78. The maximum Gasteiger partial charge on any atom is 0.312 e. The first-order valence-electron chi connectivity index (χ1n) is 12.8. The molecule has 198 valence electrons. The van der Waals surface area contributed by atoms with E-state index in [0.717, 1.165) is 33.5 Å². The van der Waals surface area contributed by atoms with Gasteiger partial charge in [0.25, 0.3) is 0 Å². The molecular weight excluding hydrogens is 478 g/mol. The lowest BCUT2D eigenvalue weighted by Crippen LogP contribution is -2.49. The van der Waals surface area contributed by atoms with E-state index in [1.807, 2.05) is 72.8 Å². The van der Waals surface area contributed by atoms with Crippen LogP contribution in [0.25, 0.3) is 11.1 Å². The standard InChI is InChI=1S/C30H35N5O3/c1-30(2,32)17-27(36)34-25-16-15-22-7-4-6-10-26(22)35(28(25)37)19-20-11-13-21(14-12-20)24-9-5-3-8-23(24)18-33-29(31)38/h3-14,25H,15-19,32H2,1-2H3,(H,34,36)(H3,31,33,38)/t25-/m1/s1. The third-order valence-corrected chi connectivity index (χ3v) is 6.58. The van der Waals surface area contributed by atoms with Crippen molar-refractivity contribution in [1.29, 1.82) is 0 Å². The Kier molecular flexibility index (Phi) is 8.12. The van der Waals surface area contributed by atoms with Gasteiger partial charge in [0, 0.05) is 24.2 Å². The van der Waals surface area contributed by atoms with Crippen LogP contribution in [0.15, 0.2) is 72.8 Å². The van der Waals surface area contributed by atoms with Gasteiger partial charge in [0.05, 0.1) is 6.54 Å². The molecule has 0 spiro atoms. The summed E-state index contributed by atoms with van der Waals surface area (Å²) >= 11 is 0. The zero-order valence-electron chi connectivity index (χ0n) is 21.9. The molecule has 8 nitrogen and oxygen atoms in total. The van der Waals surface area contributed by atoms with Crippen LogP contribution in [-0.2, 0) is 29.1 Å². The number of para-hydroxylation sites is 1. The molecule has 1 heterocycles. The van der Waals surface area contributed by atoms with Gasteiger partial charge in [-0.3, -0.25) is 9.59 Å². The molecule has 0 aromatic heterocycles. The fraction of sp³-hybridized carbons (Fsp3) is 0.300. The molecule has 38 heavy (non-hydrogen) atoms. The summed E-state index contributed by atoms with van der Waals surface area (Å²) in [6, 6.07) is 22.5. The Morgan fingerprint density at radius 3 is 2.39 bits per heavy atom. The molecule has 3 aromatic rings. The van der Waals surface area contributed by atoms with Crippen molar-refractivity contribution in [3.63, 3.8) is 0 Å². The van der Waals surface area contributed by atoms with Crippen molar-refractivity contribution >= 4 is 23.5 Å². The van der Waals surface area contributed by atoms with Crippen LogP contribution in [0, 0.1) is 0 Å². The number of hydrogen-bond donors (Lipinski definition) is 4. The van der Waals surface area contributed by atoms with Crippen molar-refractivity contribution in [2.24, 2.45) is 11.5 Å². The molecule has 4 amide bonds. The topological polar surface area (TPSA) is 131 Å². The Morgan fingerprint density at radius 2 is 1.68 bits per heavy atom. The van der Waals surface area contributed by atoms with Gasteiger partial charge < -0.3 is 27.0 Å². The van der Waals surface area contributed by atoms with Gasteiger partial charge in [-0.15, -0.1) is 0 Å². The number of carbonyl (C=O) groups excluding carboxylic acids is 3. The lowest BCUT2D eigenvalue weighted by atomic mass is 9.98. The van der Waals surface area contributed by atoms with Gasteiger partial charge >= 0.3 is 6.03 Å². The third kappa shape index (κ3) is 6.77. The monoisotopic (exact) mass is 513 g/mol. The normalized spacial score (nSPS) is 15.4. The highest BCUT2D eigenvalue weighted by Crippen LogP contribution is 2.30. The van der Waals surface area contributed by atoms with Crippen LogP contribution in [0.2, 0.25) is 0 Å². The van der Waals surface area contributed by atoms with E-state index in [1.54, 1.807) is 18.7 Å². The number of rotatable bonds is 8. The van der Waals surface area contributed by atoms with E-state index < -0.39 is 17.6 Å². The van der Waals surface area contributed by atoms with Crippen molar-refractivity contribution in [1.82, 2.24) is 10.6 Å². The summed E-state index contributed by atoms with van der Waals surface area (Å²) < 4.78 is 0. The summed E-state index contributed by atoms with van der Waals surface area (Å²) in [5.41, 5.74) is 16.4. The van der Waals surface area contributed by atoms with Crippen LogP contribution >= 0.6 is 0 Å². The van der Waals surface area contributed by atoms with Crippen molar-refractivity contribution in [3.8, 4) is 11.1 Å². The van der Waals surface area contributed by atoms with Gasteiger partial charge in [0.2, 0.25) is 11.8 Å². The second-order valence-electron chi connectivity index (χ2n) is 10.4. The Bertz CT molecular complexity index is 1310. The van der Waals surface area contributed by atoms with Gasteiger partial charge in [0.15, 0.2) is 0 Å². The quantitative estimate of drug-likeness (QED) is 0.366. The van der Waals surface area contributed by atoms with Crippen LogP contribution in [0.1, 0.15) is 43.4 Å². The van der Waals surface area contributed by atoms with Crippen molar-refractivity contribution in [3.05, 3.63) is 89.5 Å². The number of nitrogens with two attached hydrogens (primary N) is 2. The average molecular weight is 514 g/mol. The number of nitrogens with one attached hydrogen (secondary N) is 2. The van der Waals surface area contributed by atoms with Crippen molar-refractivity contribution in [2.45, 2.75) is 57.8 Å². The summed E-state index contributed by atoms with van der Waals surface area (Å²) in [5, 5.41) is 5.57. The Morgan fingerprint density at radius 1 is 1.00 bits per heavy atom. The van der Waals surface area contributed by atoms with Gasteiger partial charge in [-0.1, -0.05) is 66.7 Å². The Hall–Kier alpha value is -4.17. The molecule has 0 bridgehead atoms. The molecular formula is C30H35N5O3. The minimum absolute atomic E-state index is 0.134. The minimum atomic E-state index is -0.656. The first kappa shape index (κ1) is 26.9. The molecule has 0 saturated carbocycles. The van der Waals surface area contributed by atoms with Crippen molar-refractivity contribution in [2.75, 3.05) is 4.90 Å². The SMILES string of the molecule is CC(C)(N)CC(=O)N[C@@H]1CCc2ccccc2N(Cc2ccc(-c3ccccc3CNC(N)=O)cc2)C1=O. The number of primary amides is 1. The molecule has 6 N–H and O–H groups in total. The van der Waals surface area contributed by atoms with Crippen LogP contribution in [-0.4, -0.2) is 29.4 Å². The molecule has 0 unspecified atom stereocenters. The summed E-state index contributed by atoms with van der Waals surface area (Å²) in [5.74, 6) is -0.360. The molecule has 3 aromatic carbocycles. The smallest absolute Gasteiger partial charge is 0.312 e. The lowest BCUT2D eigenvalue weighted by molar-refractivity contribution is -0.128. The number of fused-ring (bicyclic) bond motifs is 1. The van der Waals surface area contributed by atoms with Gasteiger partial charge in [0.1, 0.15) is 6.04 Å². The van der Waals surface area contributed by atoms with E-state index in [4.69, 9.17) is 11.5 Å². The van der Waals surface area contributed by atoms with E-state index in [0.29, 0.717) is 25.9 Å². The zero-order valence-corrected chi connectivity index (χ0v) is 21.9. The second kappa shape index (κ2) is 11.5. The number of urea groups is 1. The van der Waals surface area contributed by atoms with E-state index in [1.165, 1.54) is 0 Å². The largest absolute Gasteiger partial charge is 0.352 e. The number of carbonyl (C=O) groups is 3. The first-order valence-corrected chi connectivity index (χ1v) is 12.8. The fourth-order valence-electron chi connectivity index (χ4n) is 4.78. The van der Waals surface area contributed by atoms with E-state index >= 15 is 0 Å².